The van der Waals surface area contributed by atoms with Crippen LogP contribution in [-0.2, 0) is 17.1 Å². The number of nitriles is 1. The lowest BCUT2D eigenvalue weighted by Crippen LogP contribution is -2.32. The lowest BCUT2D eigenvalue weighted by molar-refractivity contribution is 0.0975. The molecule has 0 saturated carbocycles. The van der Waals surface area contributed by atoms with Crippen LogP contribution in [0, 0.1) is 11.3 Å². The van der Waals surface area contributed by atoms with Gasteiger partial charge in [-0.1, -0.05) is 36.6 Å². The van der Waals surface area contributed by atoms with Gasteiger partial charge in [0.05, 0.1) is 22.1 Å². The van der Waals surface area contributed by atoms with Crippen LogP contribution in [0.1, 0.15) is 47.8 Å². The number of aromatic nitrogens is 2. The van der Waals surface area contributed by atoms with Gasteiger partial charge in [0.25, 0.3) is 0 Å². The molecule has 32 heavy (non-hydrogen) atoms. The number of imidazole rings is 1. The number of nitrogens with zero attached hydrogens (tertiary/aromatic N) is 4. The third-order valence-electron chi connectivity index (χ3n) is 5.87. The quantitative estimate of drug-likeness (QED) is 0.518. The van der Waals surface area contributed by atoms with Crippen molar-refractivity contribution in [3.05, 3.63) is 58.9 Å². The van der Waals surface area contributed by atoms with Crippen LogP contribution in [0.5, 0.6) is 0 Å². The van der Waals surface area contributed by atoms with Crippen molar-refractivity contribution in [2.24, 2.45) is 7.05 Å². The van der Waals surface area contributed by atoms with Gasteiger partial charge >= 0.3 is 0 Å². The number of Topliss-reactive ketones (excluding diaryl/α,β-unsaturated/α-hetero) is 1. The van der Waals surface area contributed by atoms with Gasteiger partial charge in [0, 0.05) is 25.7 Å². The lowest BCUT2D eigenvalue weighted by atomic mass is 9.98. The van der Waals surface area contributed by atoms with Crippen molar-refractivity contribution in [3.63, 3.8) is 0 Å². The molecule has 0 N–H and O–H groups in total. The number of fused-ring (bicyclic) bond motifs is 1. The zero-order valence-corrected chi connectivity index (χ0v) is 19.2. The van der Waals surface area contributed by atoms with Crippen molar-refractivity contribution in [3.8, 4) is 6.07 Å². The minimum absolute atomic E-state index is 0.0574. The standard InChI is InChI=1S/C23H23ClN4O3S/c1-27-20-9-5-4-8-19(20)26-23(27)17(15-25)22(29)16-10-11-18(24)21(14-16)32(30,31)28-12-6-2-3-7-13-28/h4-5,8-11,14,17H,2-3,6-7,12-13H2,1H3. The summed E-state index contributed by atoms with van der Waals surface area (Å²) in [4.78, 5) is 17.7. The van der Waals surface area contributed by atoms with Crippen LogP contribution in [0.4, 0.5) is 0 Å². The molecule has 2 heterocycles. The first-order valence-electron chi connectivity index (χ1n) is 10.5. The first kappa shape index (κ1) is 22.5. The van der Waals surface area contributed by atoms with Crippen molar-refractivity contribution >= 4 is 38.4 Å². The summed E-state index contributed by atoms with van der Waals surface area (Å²) in [5.41, 5.74) is 1.59. The van der Waals surface area contributed by atoms with Crippen LogP contribution >= 0.6 is 11.6 Å². The first-order chi connectivity index (χ1) is 15.3. The molecule has 0 aliphatic carbocycles. The van der Waals surface area contributed by atoms with Crippen LogP contribution in [0.25, 0.3) is 11.0 Å². The van der Waals surface area contributed by atoms with Crippen molar-refractivity contribution < 1.29 is 13.2 Å². The third-order valence-corrected chi connectivity index (χ3v) is 8.25. The van der Waals surface area contributed by atoms with E-state index in [0.717, 1.165) is 31.2 Å². The Labute approximate surface area is 192 Å². The molecule has 1 unspecified atom stereocenters. The van der Waals surface area contributed by atoms with Gasteiger partial charge in [0.1, 0.15) is 10.7 Å². The summed E-state index contributed by atoms with van der Waals surface area (Å²) in [5, 5.41) is 9.86. The number of hydrogen-bond acceptors (Lipinski definition) is 5. The monoisotopic (exact) mass is 470 g/mol. The van der Waals surface area contributed by atoms with Gasteiger partial charge in [0.2, 0.25) is 10.0 Å². The summed E-state index contributed by atoms with van der Waals surface area (Å²) in [7, 11) is -2.10. The molecule has 166 valence electrons. The fourth-order valence-electron chi connectivity index (χ4n) is 4.10. The summed E-state index contributed by atoms with van der Waals surface area (Å²) < 4.78 is 29.7. The smallest absolute Gasteiger partial charge is 0.244 e. The molecule has 1 saturated heterocycles. The fraction of sp³-hybridized carbons (Fsp3) is 0.348. The van der Waals surface area contributed by atoms with Crippen molar-refractivity contribution in [1.82, 2.24) is 13.9 Å². The Balaban J connectivity index is 1.72. The van der Waals surface area contributed by atoms with Crippen LogP contribution in [-0.4, -0.2) is 41.1 Å². The molecule has 1 fully saturated rings. The molecule has 0 radical (unpaired) electrons. The number of carbonyl (C=O) groups excluding carboxylic acids is 1. The van der Waals surface area contributed by atoms with Gasteiger partial charge < -0.3 is 4.57 Å². The highest BCUT2D eigenvalue weighted by Gasteiger charge is 2.31. The summed E-state index contributed by atoms with van der Waals surface area (Å²) in [5.74, 6) is -1.39. The highest BCUT2D eigenvalue weighted by atomic mass is 35.5. The topological polar surface area (TPSA) is 96.1 Å². The molecule has 0 spiro atoms. The molecular weight excluding hydrogens is 448 g/mol. The molecular formula is C23H23ClN4O3S. The Hall–Kier alpha value is -2.73. The lowest BCUT2D eigenvalue weighted by Gasteiger charge is -2.21. The molecule has 1 aliphatic rings. The fourth-order valence-corrected chi connectivity index (χ4v) is 6.12. The maximum absolute atomic E-state index is 13.3. The molecule has 4 rings (SSSR count). The largest absolute Gasteiger partial charge is 0.330 e. The van der Waals surface area contributed by atoms with E-state index in [0.29, 0.717) is 24.4 Å². The maximum Gasteiger partial charge on any atom is 0.244 e. The van der Waals surface area contributed by atoms with Gasteiger partial charge in [-0.3, -0.25) is 4.79 Å². The Morgan fingerprint density at radius 2 is 1.81 bits per heavy atom. The summed E-state index contributed by atoms with van der Waals surface area (Å²) in [6, 6.07) is 13.6. The van der Waals surface area contributed by atoms with E-state index in [2.05, 4.69) is 4.98 Å². The van der Waals surface area contributed by atoms with Gasteiger partial charge in [-0.2, -0.15) is 9.57 Å². The van der Waals surface area contributed by atoms with Crippen LogP contribution in [0.3, 0.4) is 0 Å². The Bertz CT molecular complexity index is 1320. The predicted molar refractivity (Wildman–Crippen MR) is 122 cm³/mol. The van der Waals surface area contributed by atoms with E-state index in [-0.39, 0.29) is 15.5 Å². The SMILES string of the molecule is Cn1c(C(C#N)C(=O)c2ccc(Cl)c(S(=O)(=O)N3CCCCCC3)c2)nc2ccccc21. The number of halogens is 1. The van der Waals surface area contributed by atoms with Crippen LogP contribution in [0.15, 0.2) is 47.4 Å². The molecule has 3 aromatic rings. The van der Waals surface area contributed by atoms with Crippen molar-refractivity contribution in [2.75, 3.05) is 13.1 Å². The summed E-state index contributed by atoms with van der Waals surface area (Å²) in [6.45, 7) is 0.856. The van der Waals surface area contributed by atoms with E-state index in [4.69, 9.17) is 11.6 Å². The molecule has 0 bridgehead atoms. The van der Waals surface area contributed by atoms with Crippen LogP contribution < -0.4 is 0 Å². The highest BCUT2D eigenvalue weighted by Crippen LogP contribution is 2.30. The second-order valence-corrected chi connectivity index (χ2v) is 10.2. The number of ketones is 1. The predicted octanol–water partition coefficient (Wildman–Crippen LogP) is 4.28. The number of hydrogen-bond donors (Lipinski definition) is 0. The normalized spacial score (nSPS) is 16.4. The third kappa shape index (κ3) is 4.04. The van der Waals surface area contributed by atoms with Gasteiger partial charge in [0.15, 0.2) is 11.7 Å². The zero-order valence-electron chi connectivity index (χ0n) is 17.7. The average Bonchev–Trinajstić information content (AvgIpc) is 2.96. The van der Waals surface area contributed by atoms with Gasteiger partial charge in [-0.25, -0.2) is 13.4 Å². The van der Waals surface area contributed by atoms with E-state index in [1.165, 1.54) is 22.5 Å². The minimum Gasteiger partial charge on any atom is -0.330 e. The van der Waals surface area contributed by atoms with E-state index < -0.39 is 21.7 Å². The summed E-state index contributed by atoms with van der Waals surface area (Å²) in [6.07, 6.45) is 3.55. The zero-order chi connectivity index (χ0) is 22.9. The van der Waals surface area contributed by atoms with E-state index in [1.54, 1.807) is 11.6 Å². The van der Waals surface area contributed by atoms with Crippen molar-refractivity contribution in [2.45, 2.75) is 36.5 Å². The molecule has 1 atom stereocenters. The van der Waals surface area contributed by atoms with E-state index in [9.17, 15) is 18.5 Å². The second-order valence-electron chi connectivity index (χ2n) is 7.91. The van der Waals surface area contributed by atoms with E-state index >= 15 is 0 Å². The molecule has 0 amide bonds. The Morgan fingerprint density at radius 1 is 1.12 bits per heavy atom. The van der Waals surface area contributed by atoms with E-state index in [1.807, 2.05) is 30.3 Å². The van der Waals surface area contributed by atoms with Gasteiger partial charge in [-0.05, 0) is 43.2 Å². The van der Waals surface area contributed by atoms with Gasteiger partial charge in [-0.15, -0.1) is 0 Å². The maximum atomic E-state index is 13.3. The molecule has 2 aromatic carbocycles. The molecule has 7 nitrogen and oxygen atoms in total. The molecule has 1 aromatic heterocycles. The second kappa shape index (κ2) is 9.02. The number of carbonyl (C=O) groups is 1. The highest BCUT2D eigenvalue weighted by molar-refractivity contribution is 7.89. The average molecular weight is 471 g/mol. The number of rotatable bonds is 5. The Morgan fingerprint density at radius 3 is 2.47 bits per heavy atom. The first-order valence-corrected chi connectivity index (χ1v) is 12.3. The molecule has 9 heteroatoms. The number of sulfonamides is 1. The Kier molecular flexibility index (Phi) is 6.33. The number of aryl methyl sites for hydroxylation is 1. The molecule has 1 aliphatic heterocycles. The summed E-state index contributed by atoms with van der Waals surface area (Å²) >= 11 is 6.26. The number of benzene rings is 2. The number of para-hydroxylation sites is 2. The van der Waals surface area contributed by atoms with Crippen molar-refractivity contribution in [1.29, 1.82) is 5.26 Å². The van der Waals surface area contributed by atoms with Crippen LogP contribution in [0.2, 0.25) is 5.02 Å². The minimum atomic E-state index is -3.85.